The van der Waals surface area contributed by atoms with Crippen molar-refractivity contribution in [2.45, 2.75) is 89.9 Å². The number of nitrogens with zero attached hydrogens (tertiary/aromatic N) is 1. The molecule has 116 valence electrons. The van der Waals surface area contributed by atoms with Gasteiger partial charge >= 0.3 is 6.03 Å². The molecule has 4 heteroatoms. The Bertz CT molecular complexity index is 271. The van der Waals surface area contributed by atoms with Crippen molar-refractivity contribution in [3.63, 3.8) is 0 Å². The Hall–Kier alpha value is -1.06. The fourth-order valence-corrected chi connectivity index (χ4v) is 2.80. The van der Waals surface area contributed by atoms with Crippen molar-refractivity contribution in [3.8, 4) is 0 Å². The predicted octanol–water partition coefficient (Wildman–Crippen LogP) is 4.49. The Balaban J connectivity index is 2.35. The van der Waals surface area contributed by atoms with E-state index in [0.717, 1.165) is 18.6 Å². The number of primary amides is 1. The number of nitrogens with one attached hydrogen (secondary N) is 1. The third-order valence-electron chi connectivity index (χ3n) is 4.00. The highest BCUT2D eigenvalue weighted by Gasteiger charge is 2.03. The third kappa shape index (κ3) is 9.82. The summed E-state index contributed by atoms with van der Waals surface area (Å²) < 4.78 is 0. The molecule has 0 radical (unpaired) electrons. The topological polar surface area (TPSA) is 67.5 Å². The van der Waals surface area contributed by atoms with E-state index in [-0.39, 0.29) is 0 Å². The highest BCUT2D eigenvalue weighted by molar-refractivity contribution is 5.85. The number of hydrazone groups is 1. The monoisotopic (exact) mass is 281 g/mol. The molecule has 0 aromatic carbocycles. The van der Waals surface area contributed by atoms with E-state index in [2.05, 4.69) is 10.5 Å². The Kier molecular flexibility index (Phi) is 9.98. The van der Waals surface area contributed by atoms with Gasteiger partial charge in [-0.1, -0.05) is 64.2 Å². The number of carbonyl (C=O) groups excluding carboxylic acids is 1. The molecule has 20 heavy (non-hydrogen) atoms. The number of urea groups is 1. The summed E-state index contributed by atoms with van der Waals surface area (Å²) >= 11 is 0. The van der Waals surface area contributed by atoms with Crippen molar-refractivity contribution in [1.29, 1.82) is 0 Å². The summed E-state index contributed by atoms with van der Waals surface area (Å²) in [6, 6.07) is -0.562. The third-order valence-corrected chi connectivity index (χ3v) is 4.00. The molecule has 0 aromatic rings. The van der Waals surface area contributed by atoms with Gasteiger partial charge in [0, 0.05) is 5.71 Å². The highest BCUT2D eigenvalue weighted by Crippen LogP contribution is 2.15. The molecule has 1 aliphatic carbocycles. The zero-order valence-electron chi connectivity index (χ0n) is 12.8. The molecule has 1 saturated carbocycles. The van der Waals surface area contributed by atoms with Crippen LogP contribution in [0.2, 0.25) is 0 Å². The van der Waals surface area contributed by atoms with Crippen LogP contribution < -0.4 is 11.2 Å². The van der Waals surface area contributed by atoms with Gasteiger partial charge in [-0.15, -0.1) is 0 Å². The zero-order valence-corrected chi connectivity index (χ0v) is 12.8. The molecular weight excluding hydrogens is 250 g/mol. The summed E-state index contributed by atoms with van der Waals surface area (Å²) in [5.74, 6) is 0. The molecule has 0 spiro atoms. The second-order valence-electron chi connectivity index (χ2n) is 5.90. The Morgan fingerprint density at radius 1 is 0.750 bits per heavy atom. The number of amides is 2. The summed E-state index contributed by atoms with van der Waals surface area (Å²) in [5, 5.41) is 4.16. The van der Waals surface area contributed by atoms with Crippen molar-refractivity contribution >= 4 is 11.7 Å². The van der Waals surface area contributed by atoms with Crippen LogP contribution in [0.4, 0.5) is 4.79 Å². The van der Waals surface area contributed by atoms with E-state index in [1.165, 1.54) is 77.0 Å². The van der Waals surface area contributed by atoms with Gasteiger partial charge in [0.05, 0.1) is 0 Å². The lowest BCUT2D eigenvalue weighted by Crippen LogP contribution is -2.25. The summed E-state index contributed by atoms with van der Waals surface area (Å²) in [7, 11) is 0. The van der Waals surface area contributed by atoms with Crippen LogP contribution in [0.5, 0.6) is 0 Å². The molecule has 3 N–H and O–H groups in total. The van der Waals surface area contributed by atoms with Gasteiger partial charge < -0.3 is 5.73 Å². The minimum atomic E-state index is -0.562. The van der Waals surface area contributed by atoms with Gasteiger partial charge in [-0.2, -0.15) is 5.10 Å². The van der Waals surface area contributed by atoms with Gasteiger partial charge in [0.25, 0.3) is 0 Å². The first-order chi connectivity index (χ1) is 9.79. The lowest BCUT2D eigenvalue weighted by atomic mass is 10.0. The fraction of sp³-hybridized carbons (Fsp3) is 0.875. The molecule has 0 atom stereocenters. The van der Waals surface area contributed by atoms with Crippen molar-refractivity contribution in [3.05, 3.63) is 0 Å². The number of rotatable bonds is 1. The van der Waals surface area contributed by atoms with Gasteiger partial charge in [0.1, 0.15) is 0 Å². The molecule has 2 amide bonds. The molecule has 0 saturated heterocycles. The van der Waals surface area contributed by atoms with Crippen molar-refractivity contribution in [2.24, 2.45) is 10.8 Å². The van der Waals surface area contributed by atoms with E-state index >= 15 is 0 Å². The van der Waals surface area contributed by atoms with E-state index in [1.807, 2.05) is 0 Å². The van der Waals surface area contributed by atoms with E-state index < -0.39 is 6.03 Å². The molecule has 1 fully saturated rings. The van der Waals surface area contributed by atoms with Crippen molar-refractivity contribution in [2.75, 3.05) is 0 Å². The summed E-state index contributed by atoms with van der Waals surface area (Å²) in [6.45, 7) is 0. The van der Waals surface area contributed by atoms with E-state index in [0.29, 0.717) is 0 Å². The Labute approximate surface area is 123 Å². The molecule has 4 nitrogen and oxygen atoms in total. The predicted molar refractivity (Wildman–Crippen MR) is 84.8 cm³/mol. The minimum Gasteiger partial charge on any atom is -0.350 e. The van der Waals surface area contributed by atoms with Crippen LogP contribution in [-0.4, -0.2) is 11.7 Å². The maximum atomic E-state index is 10.7. The standard InChI is InChI=1S/C16H31N3O/c17-16(20)19-18-15-13-11-9-7-5-3-1-2-4-6-8-10-12-14-15/h1-14H2,(H3,17,19,20). The van der Waals surface area contributed by atoms with Gasteiger partial charge in [-0.05, 0) is 25.7 Å². The van der Waals surface area contributed by atoms with Crippen LogP contribution in [0.15, 0.2) is 5.10 Å². The molecule has 0 bridgehead atoms. The lowest BCUT2D eigenvalue weighted by molar-refractivity contribution is 0.249. The van der Waals surface area contributed by atoms with Crippen molar-refractivity contribution < 1.29 is 4.79 Å². The number of carbonyl (C=O) groups is 1. The van der Waals surface area contributed by atoms with Crippen LogP contribution in [0.25, 0.3) is 0 Å². The summed E-state index contributed by atoms with van der Waals surface area (Å²) in [6.07, 6.45) is 17.9. The van der Waals surface area contributed by atoms with Crippen LogP contribution in [0.1, 0.15) is 89.9 Å². The lowest BCUT2D eigenvalue weighted by Gasteiger charge is -2.06. The minimum absolute atomic E-state index is 0.562. The Morgan fingerprint density at radius 2 is 1.10 bits per heavy atom. The van der Waals surface area contributed by atoms with Crippen LogP contribution >= 0.6 is 0 Å². The van der Waals surface area contributed by atoms with Gasteiger partial charge in [-0.25, -0.2) is 10.2 Å². The maximum absolute atomic E-state index is 10.7. The first kappa shape index (κ1) is 17.0. The first-order valence-corrected chi connectivity index (χ1v) is 8.40. The largest absolute Gasteiger partial charge is 0.350 e. The maximum Gasteiger partial charge on any atom is 0.332 e. The molecule has 0 heterocycles. The normalized spacial score (nSPS) is 20.5. The molecule has 0 unspecified atom stereocenters. The number of hydrogen-bond donors (Lipinski definition) is 2. The number of hydrogen-bond acceptors (Lipinski definition) is 2. The zero-order chi connectivity index (χ0) is 14.5. The molecule has 0 aliphatic heterocycles. The fourth-order valence-electron chi connectivity index (χ4n) is 2.80. The summed E-state index contributed by atoms with van der Waals surface area (Å²) in [5.41, 5.74) is 8.58. The second kappa shape index (κ2) is 11.7. The Morgan fingerprint density at radius 3 is 1.45 bits per heavy atom. The van der Waals surface area contributed by atoms with Gasteiger partial charge in [0.15, 0.2) is 0 Å². The second-order valence-corrected chi connectivity index (χ2v) is 5.90. The van der Waals surface area contributed by atoms with Gasteiger partial charge in [-0.3, -0.25) is 0 Å². The summed E-state index contributed by atoms with van der Waals surface area (Å²) in [4.78, 5) is 10.7. The van der Waals surface area contributed by atoms with Gasteiger partial charge in [0.2, 0.25) is 0 Å². The molecule has 0 aromatic heterocycles. The smallest absolute Gasteiger partial charge is 0.332 e. The SMILES string of the molecule is NC(=O)NN=C1CCCCCCCCCCCCCC1. The average molecular weight is 281 g/mol. The van der Waals surface area contributed by atoms with E-state index in [4.69, 9.17) is 5.73 Å². The first-order valence-electron chi connectivity index (χ1n) is 8.40. The quantitative estimate of drug-likeness (QED) is 0.683. The highest BCUT2D eigenvalue weighted by atomic mass is 16.2. The molecule has 1 aliphatic rings. The van der Waals surface area contributed by atoms with E-state index in [1.54, 1.807) is 0 Å². The number of nitrogens with two attached hydrogens (primary N) is 1. The van der Waals surface area contributed by atoms with Crippen LogP contribution in [0.3, 0.4) is 0 Å². The van der Waals surface area contributed by atoms with Crippen LogP contribution in [0, 0.1) is 0 Å². The molecular formula is C16H31N3O. The van der Waals surface area contributed by atoms with Crippen molar-refractivity contribution in [1.82, 2.24) is 5.43 Å². The van der Waals surface area contributed by atoms with E-state index in [9.17, 15) is 4.79 Å². The molecule has 1 rings (SSSR count). The average Bonchev–Trinajstić information content (AvgIpc) is 2.44. The van der Waals surface area contributed by atoms with Crippen LogP contribution in [-0.2, 0) is 0 Å².